The third-order valence-corrected chi connectivity index (χ3v) is 3.99. The van der Waals surface area contributed by atoms with Gasteiger partial charge >= 0.3 is 0 Å². The van der Waals surface area contributed by atoms with Gasteiger partial charge in [0, 0.05) is 18.7 Å². The molecule has 0 amide bonds. The quantitative estimate of drug-likeness (QED) is 0.836. The van der Waals surface area contributed by atoms with Crippen LogP contribution in [0.5, 0.6) is 5.75 Å². The first-order valence-electron chi connectivity index (χ1n) is 7.73. The molecule has 1 unspecified atom stereocenters. The van der Waals surface area contributed by atoms with Gasteiger partial charge in [0.15, 0.2) is 0 Å². The largest absolute Gasteiger partial charge is 0.496 e. The molecular weight excluding hydrogens is 262 g/mol. The average Bonchev–Trinajstić information content (AvgIpc) is 3.00. The Kier molecular flexibility index (Phi) is 6.04. The number of benzene rings is 1. The van der Waals surface area contributed by atoms with Crippen LogP contribution in [-0.2, 0) is 6.54 Å². The highest BCUT2D eigenvalue weighted by Gasteiger charge is 2.14. The molecule has 1 atom stereocenters. The first-order chi connectivity index (χ1) is 10.2. The van der Waals surface area contributed by atoms with E-state index in [9.17, 15) is 0 Å². The molecule has 1 fully saturated rings. The molecule has 0 bridgehead atoms. The Morgan fingerprint density at radius 1 is 1.38 bits per heavy atom. The number of nitriles is 1. The fraction of sp³-hybridized carbons (Fsp3) is 0.588. The fourth-order valence-electron chi connectivity index (χ4n) is 2.91. The molecule has 1 heterocycles. The summed E-state index contributed by atoms with van der Waals surface area (Å²) < 4.78 is 5.35. The molecular formula is C17H25N3O. The lowest BCUT2D eigenvalue weighted by Crippen LogP contribution is -2.31. The molecule has 0 aromatic heterocycles. The van der Waals surface area contributed by atoms with Crippen molar-refractivity contribution < 1.29 is 4.74 Å². The summed E-state index contributed by atoms with van der Waals surface area (Å²) in [6, 6.07) is 7.73. The molecule has 2 rings (SSSR count). The second-order valence-corrected chi connectivity index (χ2v) is 5.88. The monoisotopic (exact) mass is 287 g/mol. The van der Waals surface area contributed by atoms with E-state index in [0.29, 0.717) is 11.5 Å². The third-order valence-electron chi connectivity index (χ3n) is 3.99. The van der Waals surface area contributed by atoms with Gasteiger partial charge in [-0.2, -0.15) is 5.26 Å². The molecule has 4 heteroatoms. The van der Waals surface area contributed by atoms with Gasteiger partial charge in [0.25, 0.3) is 0 Å². The number of hydrogen-bond acceptors (Lipinski definition) is 4. The summed E-state index contributed by atoms with van der Waals surface area (Å²) >= 11 is 0. The van der Waals surface area contributed by atoms with E-state index in [1.807, 2.05) is 12.1 Å². The van der Waals surface area contributed by atoms with Gasteiger partial charge in [-0.1, -0.05) is 6.92 Å². The number of rotatable bonds is 7. The van der Waals surface area contributed by atoms with E-state index >= 15 is 0 Å². The van der Waals surface area contributed by atoms with E-state index in [0.717, 1.165) is 24.4 Å². The highest BCUT2D eigenvalue weighted by atomic mass is 16.5. The number of hydrogen-bond donors (Lipinski definition) is 1. The second-order valence-electron chi connectivity index (χ2n) is 5.88. The van der Waals surface area contributed by atoms with Crippen molar-refractivity contribution in [2.75, 3.05) is 33.3 Å². The van der Waals surface area contributed by atoms with Crippen LogP contribution in [0.4, 0.5) is 0 Å². The number of ether oxygens (including phenoxy) is 1. The first-order valence-corrected chi connectivity index (χ1v) is 7.73. The topological polar surface area (TPSA) is 48.3 Å². The van der Waals surface area contributed by atoms with Crippen molar-refractivity contribution in [1.82, 2.24) is 10.2 Å². The number of likely N-dealkylation sites (tertiary alicyclic amines) is 1. The molecule has 0 radical (unpaired) electrons. The van der Waals surface area contributed by atoms with Crippen LogP contribution in [0.1, 0.15) is 30.9 Å². The van der Waals surface area contributed by atoms with Crippen LogP contribution < -0.4 is 10.1 Å². The smallest absolute Gasteiger partial charge is 0.123 e. The molecule has 4 nitrogen and oxygen atoms in total. The standard InChI is InChI=1S/C17H25N3O/c1-14(13-20-7-3-4-8-20)11-19-12-16-9-15(10-18)5-6-17(16)21-2/h5-6,9,14,19H,3-4,7-8,11-13H2,1-2H3. The molecule has 1 aromatic rings. The lowest BCUT2D eigenvalue weighted by atomic mass is 10.1. The van der Waals surface area contributed by atoms with Crippen molar-refractivity contribution in [3.8, 4) is 11.8 Å². The van der Waals surface area contributed by atoms with Crippen molar-refractivity contribution >= 4 is 0 Å². The summed E-state index contributed by atoms with van der Waals surface area (Å²) in [5.41, 5.74) is 1.72. The Morgan fingerprint density at radius 3 is 2.81 bits per heavy atom. The van der Waals surface area contributed by atoms with Crippen LogP contribution in [0.25, 0.3) is 0 Å². The van der Waals surface area contributed by atoms with Gasteiger partial charge in [-0.15, -0.1) is 0 Å². The molecule has 1 aliphatic heterocycles. The predicted octanol–water partition coefficient (Wildman–Crippen LogP) is 2.39. The molecule has 0 aliphatic carbocycles. The maximum Gasteiger partial charge on any atom is 0.123 e. The van der Waals surface area contributed by atoms with Gasteiger partial charge in [0.2, 0.25) is 0 Å². The number of methoxy groups -OCH3 is 1. The maximum absolute atomic E-state index is 8.98. The zero-order chi connectivity index (χ0) is 15.1. The zero-order valence-electron chi connectivity index (χ0n) is 13.1. The minimum absolute atomic E-state index is 0.633. The van der Waals surface area contributed by atoms with Crippen LogP contribution in [0.15, 0.2) is 18.2 Å². The van der Waals surface area contributed by atoms with E-state index in [-0.39, 0.29) is 0 Å². The van der Waals surface area contributed by atoms with Crippen LogP contribution in [-0.4, -0.2) is 38.2 Å². The van der Waals surface area contributed by atoms with E-state index < -0.39 is 0 Å². The molecule has 1 aliphatic rings. The van der Waals surface area contributed by atoms with Crippen molar-refractivity contribution in [2.45, 2.75) is 26.3 Å². The Hall–Kier alpha value is -1.57. The highest BCUT2D eigenvalue weighted by molar-refractivity contribution is 5.41. The highest BCUT2D eigenvalue weighted by Crippen LogP contribution is 2.19. The minimum Gasteiger partial charge on any atom is -0.496 e. The Bertz CT molecular complexity index is 489. The van der Waals surface area contributed by atoms with Crippen molar-refractivity contribution in [3.05, 3.63) is 29.3 Å². The van der Waals surface area contributed by atoms with Gasteiger partial charge in [0.1, 0.15) is 5.75 Å². The summed E-state index contributed by atoms with van der Waals surface area (Å²) in [6.07, 6.45) is 2.69. The van der Waals surface area contributed by atoms with E-state index in [4.69, 9.17) is 10.00 Å². The Labute approximate surface area is 127 Å². The summed E-state index contributed by atoms with van der Waals surface area (Å²) in [7, 11) is 1.67. The lowest BCUT2D eigenvalue weighted by molar-refractivity contribution is 0.282. The van der Waals surface area contributed by atoms with Gasteiger partial charge in [-0.3, -0.25) is 0 Å². The van der Waals surface area contributed by atoms with Crippen LogP contribution in [0.2, 0.25) is 0 Å². The van der Waals surface area contributed by atoms with Gasteiger partial charge in [-0.25, -0.2) is 0 Å². The van der Waals surface area contributed by atoms with E-state index in [2.05, 4.69) is 23.2 Å². The van der Waals surface area contributed by atoms with Crippen molar-refractivity contribution in [2.24, 2.45) is 5.92 Å². The SMILES string of the molecule is COc1ccc(C#N)cc1CNCC(C)CN1CCCC1. The molecule has 114 valence electrons. The first kappa shape index (κ1) is 15.8. The Morgan fingerprint density at radius 2 is 2.14 bits per heavy atom. The zero-order valence-corrected chi connectivity index (χ0v) is 13.1. The minimum atomic E-state index is 0.633. The summed E-state index contributed by atoms with van der Waals surface area (Å²) in [5.74, 6) is 1.47. The Balaban J connectivity index is 1.80. The summed E-state index contributed by atoms with van der Waals surface area (Å²) in [5, 5.41) is 12.5. The van der Waals surface area contributed by atoms with Crippen LogP contribution >= 0.6 is 0 Å². The number of nitrogens with zero attached hydrogens (tertiary/aromatic N) is 2. The second kappa shape index (κ2) is 8.02. The van der Waals surface area contributed by atoms with E-state index in [1.54, 1.807) is 13.2 Å². The molecule has 0 saturated carbocycles. The van der Waals surface area contributed by atoms with Gasteiger partial charge in [0.05, 0.1) is 18.7 Å². The number of nitrogens with one attached hydrogen (secondary N) is 1. The van der Waals surface area contributed by atoms with Crippen molar-refractivity contribution in [1.29, 1.82) is 5.26 Å². The summed E-state index contributed by atoms with van der Waals surface area (Å²) in [4.78, 5) is 2.54. The van der Waals surface area contributed by atoms with Crippen LogP contribution in [0.3, 0.4) is 0 Å². The average molecular weight is 287 g/mol. The van der Waals surface area contributed by atoms with E-state index in [1.165, 1.54) is 32.5 Å². The fourth-order valence-corrected chi connectivity index (χ4v) is 2.91. The molecule has 1 aromatic carbocycles. The third kappa shape index (κ3) is 4.73. The molecule has 0 spiro atoms. The lowest BCUT2D eigenvalue weighted by Gasteiger charge is -2.20. The van der Waals surface area contributed by atoms with Gasteiger partial charge < -0.3 is 15.0 Å². The molecule has 1 saturated heterocycles. The normalized spacial score (nSPS) is 16.6. The predicted molar refractivity (Wildman–Crippen MR) is 84.3 cm³/mol. The van der Waals surface area contributed by atoms with Crippen molar-refractivity contribution in [3.63, 3.8) is 0 Å². The molecule has 21 heavy (non-hydrogen) atoms. The summed E-state index contributed by atoms with van der Waals surface area (Å²) in [6.45, 7) is 7.68. The molecule has 1 N–H and O–H groups in total. The van der Waals surface area contributed by atoms with Crippen LogP contribution in [0, 0.1) is 17.2 Å². The maximum atomic E-state index is 8.98. The van der Waals surface area contributed by atoms with Gasteiger partial charge in [-0.05, 0) is 56.6 Å².